The number of nitrogens with zero attached hydrogens (tertiary/aromatic N) is 2. The van der Waals surface area contributed by atoms with Crippen LogP contribution in [0.4, 0.5) is 0 Å². The van der Waals surface area contributed by atoms with Crippen LogP contribution < -0.4 is 10.2 Å². The Labute approximate surface area is 172 Å². The number of hydrazone groups is 1. The monoisotopic (exact) mass is 403 g/mol. The molecule has 0 saturated carbocycles. The van der Waals surface area contributed by atoms with Crippen LogP contribution in [0.1, 0.15) is 31.8 Å². The lowest BCUT2D eigenvalue weighted by Crippen LogP contribution is -2.17. The molecule has 3 aromatic carbocycles. The predicted octanol–water partition coefficient (Wildman–Crippen LogP) is 4.19. The first-order valence-electron chi connectivity index (χ1n) is 8.47. The Hall–Kier alpha value is -3.95. The number of benzene rings is 3. The summed E-state index contributed by atoms with van der Waals surface area (Å²) in [6.07, 6.45) is 1.38. The molecule has 0 radical (unpaired) electrons. The maximum absolute atomic E-state index is 12.3. The quantitative estimate of drug-likeness (QED) is 0.299. The molecule has 7 heteroatoms. The minimum absolute atomic E-state index is 0.295. The van der Waals surface area contributed by atoms with E-state index in [9.17, 15) is 9.59 Å². The molecule has 0 aliphatic heterocycles. The summed E-state index contributed by atoms with van der Waals surface area (Å²) >= 11 is 5.83. The lowest BCUT2D eigenvalue weighted by atomic mass is 10.1. The molecule has 0 unspecified atom stereocenters. The van der Waals surface area contributed by atoms with E-state index in [1.165, 1.54) is 18.3 Å². The number of ether oxygens (including phenoxy) is 1. The van der Waals surface area contributed by atoms with E-state index in [1.807, 2.05) is 6.07 Å². The number of para-hydroxylation sites is 1. The Kier molecular flexibility index (Phi) is 6.36. The van der Waals surface area contributed by atoms with Gasteiger partial charge >= 0.3 is 5.97 Å². The molecule has 0 aliphatic carbocycles. The third-order valence-electron chi connectivity index (χ3n) is 3.85. The number of nitriles is 1. The molecule has 1 amide bonds. The van der Waals surface area contributed by atoms with Gasteiger partial charge in [0, 0.05) is 16.1 Å². The van der Waals surface area contributed by atoms with Crippen LogP contribution in [-0.4, -0.2) is 18.1 Å². The second kappa shape index (κ2) is 9.31. The molecule has 3 rings (SSSR count). The molecule has 0 spiro atoms. The summed E-state index contributed by atoms with van der Waals surface area (Å²) in [5, 5.41) is 13.2. The Morgan fingerprint density at radius 3 is 2.31 bits per heavy atom. The summed E-state index contributed by atoms with van der Waals surface area (Å²) in [4.78, 5) is 24.4. The van der Waals surface area contributed by atoms with Gasteiger partial charge in [-0.05, 0) is 60.7 Å². The fourth-order valence-corrected chi connectivity index (χ4v) is 2.47. The predicted molar refractivity (Wildman–Crippen MR) is 109 cm³/mol. The molecule has 0 aromatic heterocycles. The third kappa shape index (κ3) is 5.28. The highest BCUT2D eigenvalue weighted by atomic mass is 35.5. The number of amides is 1. The van der Waals surface area contributed by atoms with Crippen molar-refractivity contribution >= 4 is 29.7 Å². The van der Waals surface area contributed by atoms with E-state index in [2.05, 4.69) is 10.5 Å². The smallest absolute Gasteiger partial charge is 0.343 e. The lowest BCUT2D eigenvalue weighted by molar-refractivity contribution is 0.0734. The molecule has 0 aliphatic rings. The zero-order chi connectivity index (χ0) is 20.6. The fraction of sp³-hybridized carbons (Fsp3) is 0. The molecular formula is C22H14ClN3O3. The van der Waals surface area contributed by atoms with Crippen molar-refractivity contribution in [3.05, 3.63) is 100 Å². The van der Waals surface area contributed by atoms with Crippen LogP contribution in [-0.2, 0) is 0 Å². The molecule has 1 N–H and O–H groups in total. The number of hydrogen-bond acceptors (Lipinski definition) is 5. The summed E-state index contributed by atoms with van der Waals surface area (Å²) in [6, 6.07) is 21.3. The molecule has 6 nitrogen and oxygen atoms in total. The molecule has 3 aromatic rings. The molecule has 0 fully saturated rings. The summed E-state index contributed by atoms with van der Waals surface area (Å²) < 4.78 is 5.42. The zero-order valence-corrected chi connectivity index (χ0v) is 15.8. The SMILES string of the molecule is N#Cc1ccc(C(=O)N/N=C\c2ccccc2OC(=O)c2ccc(Cl)cc2)cc1. The summed E-state index contributed by atoms with van der Waals surface area (Å²) in [5.41, 5.74) is 4.09. The molecule has 0 bridgehead atoms. The Morgan fingerprint density at radius 2 is 1.62 bits per heavy atom. The van der Waals surface area contributed by atoms with Crippen molar-refractivity contribution in [2.24, 2.45) is 5.10 Å². The number of nitrogens with one attached hydrogen (secondary N) is 1. The van der Waals surface area contributed by atoms with Gasteiger partial charge in [0.1, 0.15) is 5.75 Å². The first kappa shape index (κ1) is 19.8. The molecule has 0 heterocycles. The highest BCUT2D eigenvalue weighted by Crippen LogP contribution is 2.18. The van der Waals surface area contributed by atoms with E-state index >= 15 is 0 Å². The first-order chi connectivity index (χ1) is 14.1. The standard InChI is InChI=1S/C22H14ClN3O3/c23-19-11-9-17(10-12-19)22(28)29-20-4-2-1-3-18(20)14-25-26-21(27)16-7-5-15(13-24)6-8-16/h1-12,14H,(H,26,27)/b25-14-. The number of rotatable bonds is 5. The molecule has 142 valence electrons. The minimum atomic E-state index is -0.538. The maximum atomic E-state index is 12.3. The van der Waals surface area contributed by atoms with Crippen LogP contribution in [0.3, 0.4) is 0 Å². The highest BCUT2D eigenvalue weighted by Gasteiger charge is 2.11. The number of carbonyl (C=O) groups excluding carboxylic acids is 2. The Balaban J connectivity index is 1.68. The van der Waals surface area contributed by atoms with Gasteiger partial charge in [0.25, 0.3) is 5.91 Å². The minimum Gasteiger partial charge on any atom is -0.422 e. The molecule has 0 saturated heterocycles. The van der Waals surface area contributed by atoms with Crippen molar-refractivity contribution in [3.8, 4) is 11.8 Å². The van der Waals surface area contributed by atoms with Gasteiger partial charge in [-0.2, -0.15) is 10.4 Å². The summed E-state index contributed by atoms with van der Waals surface area (Å²) in [6.45, 7) is 0. The van der Waals surface area contributed by atoms with E-state index in [4.69, 9.17) is 21.6 Å². The van der Waals surface area contributed by atoms with Gasteiger partial charge < -0.3 is 4.74 Å². The molecule has 29 heavy (non-hydrogen) atoms. The molecule has 0 atom stereocenters. The van der Waals surface area contributed by atoms with E-state index in [0.29, 0.717) is 33.0 Å². The number of esters is 1. The topological polar surface area (TPSA) is 91.6 Å². The van der Waals surface area contributed by atoms with E-state index < -0.39 is 11.9 Å². The van der Waals surface area contributed by atoms with Crippen LogP contribution >= 0.6 is 11.6 Å². The van der Waals surface area contributed by atoms with E-state index in [-0.39, 0.29) is 0 Å². The van der Waals surface area contributed by atoms with Crippen molar-refractivity contribution in [2.75, 3.05) is 0 Å². The van der Waals surface area contributed by atoms with Gasteiger partial charge in [0.15, 0.2) is 0 Å². The second-order valence-corrected chi connectivity index (χ2v) is 6.26. The van der Waals surface area contributed by atoms with Crippen LogP contribution in [0.2, 0.25) is 5.02 Å². The van der Waals surface area contributed by atoms with Crippen molar-refractivity contribution < 1.29 is 14.3 Å². The fourth-order valence-electron chi connectivity index (χ4n) is 2.35. The van der Waals surface area contributed by atoms with Gasteiger partial charge in [-0.15, -0.1) is 0 Å². The van der Waals surface area contributed by atoms with Crippen LogP contribution in [0, 0.1) is 11.3 Å². The van der Waals surface area contributed by atoms with Gasteiger partial charge in [-0.1, -0.05) is 23.7 Å². The lowest BCUT2D eigenvalue weighted by Gasteiger charge is -2.07. The van der Waals surface area contributed by atoms with Gasteiger partial charge in [0.05, 0.1) is 23.4 Å². The zero-order valence-electron chi connectivity index (χ0n) is 15.0. The van der Waals surface area contributed by atoms with Crippen molar-refractivity contribution in [1.82, 2.24) is 5.43 Å². The van der Waals surface area contributed by atoms with Gasteiger partial charge in [-0.3, -0.25) is 4.79 Å². The highest BCUT2D eigenvalue weighted by molar-refractivity contribution is 6.30. The number of halogens is 1. The Bertz CT molecular complexity index is 1100. The summed E-state index contributed by atoms with van der Waals surface area (Å²) in [7, 11) is 0. The van der Waals surface area contributed by atoms with Crippen LogP contribution in [0.15, 0.2) is 77.9 Å². The Morgan fingerprint density at radius 1 is 0.966 bits per heavy atom. The second-order valence-electron chi connectivity index (χ2n) is 5.82. The summed E-state index contributed by atoms with van der Waals surface area (Å²) in [5.74, 6) is -0.672. The van der Waals surface area contributed by atoms with Crippen LogP contribution in [0.25, 0.3) is 0 Å². The average molecular weight is 404 g/mol. The van der Waals surface area contributed by atoms with E-state index in [0.717, 1.165) is 0 Å². The van der Waals surface area contributed by atoms with Crippen LogP contribution in [0.5, 0.6) is 5.75 Å². The number of hydrogen-bond donors (Lipinski definition) is 1. The van der Waals surface area contributed by atoms with Crippen molar-refractivity contribution in [3.63, 3.8) is 0 Å². The normalized spacial score (nSPS) is 10.3. The molecular weight excluding hydrogens is 390 g/mol. The average Bonchev–Trinajstić information content (AvgIpc) is 2.75. The maximum Gasteiger partial charge on any atom is 0.343 e. The van der Waals surface area contributed by atoms with Gasteiger partial charge in [0.2, 0.25) is 0 Å². The van der Waals surface area contributed by atoms with Crippen molar-refractivity contribution in [2.45, 2.75) is 0 Å². The first-order valence-corrected chi connectivity index (χ1v) is 8.85. The van der Waals surface area contributed by atoms with Crippen molar-refractivity contribution in [1.29, 1.82) is 5.26 Å². The van der Waals surface area contributed by atoms with E-state index in [1.54, 1.807) is 60.7 Å². The van der Waals surface area contributed by atoms with Gasteiger partial charge in [-0.25, -0.2) is 10.2 Å². The number of carbonyl (C=O) groups is 2. The third-order valence-corrected chi connectivity index (χ3v) is 4.10. The largest absolute Gasteiger partial charge is 0.422 e.